The fraction of sp³-hybridized carbons (Fsp3) is 0.583. The summed E-state index contributed by atoms with van der Waals surface area (Å²) >= 11 is 0. The summed E-state index contributed by atoms with van der Waals surface area (Å²) in [5, 5.41) is 2.10. The van der Waals surface area contributed by atoms with Crippen molar-refractivity contribution >= 4 is 16.7 Å². The third-order valence-corrected chi connectivity index (χ3v) is 4.33. The van der Waals surface area contributed by atoms with Crippen molar-refractivity contribution in [3.05, 3.63) is 24.2 Å². The first-order valence-electron chi connectivity index (χ1n) is 5.76. The van der Waals surface area contributed by atoms with Crippen molar-refractivity contribution < 1.29 is 13.4 Å². The van der Waals surface area contributed by atoms with Gasteiger partial charge in [0.15, 0.2) is 0 Å². The Labute approximate surface area is 110 Å². The summed E-state index contributed by atoms with van der Waals surface area (Å²) in [5.41, 5.74) is 5.24. The zero-order valence-corrected chi connectivity index (χ0v) is 11.8. The SMILES string of the molecule is CC(C(=O)NCc1ccco1)S(=O)CC(C)(C)N. The monoisotopic (exact) mass is 272 g/mol. The number of hydrogen-bond acceptors (Lipinski definition) is 4. The van der Waals surface area contributed by atoms with Crippen LogP contribution in [0.25, 0.3) is 0 Å². The van der Waals surface area contributed by atoms with Gasteiger partial charge in [-0.1, -0.05) is 0 Å². The van der Waals surface area contributed by atoms with Gasteiger partial charge >= 0.3 is 0 Å². The summed E-state index contributed by atoms with van der Waals surface area (Å²) in [7, 11) is -1.28. The molecule has 1 amide bonds. The normalized spacial score (nSPS) is 15.1. The van der Waals surface area contributed by atoms with Gasteiger partial charge in [-0.15, -0.1) is 0 Å². The highest BCUT2D eigenvalue weighted by Gasteiger charge is 2.24. The van der Waals surface area contributed by atoms with Gasteiger partial charge in [-0.2, -0.15) is 0 Å². The molecule has 0 aliphatic heterocycles. The summed E-state index contributed by atoms with van der Waals surface area (Å²) in [6.45, 7) is 5.52. The van der Waals surface area contributed by atoms with Crippen molar-refractivity contribution in [1.29, 1.82) is 0 Å². The molecular weight excluding hydrogens is 252 g/mol. The molecule has 0 aliphatic rings. The van der Waals surface area contributed by atoms with Crippen LogP contribution in [0, 0.1) is 0 Å². The van der Waals surface area contributed by atoms with E-state index < -0.39 is 21.6 Å². The van der Waals surface area contributed by atoms with E-state index >= 15 is 0 Å². The molecule has 1 rings (SSSR count). The zero-order valence-electron chi connectivity index (χ0n) is 10.9. The summed E-state index contributed by atoms with van der Waals surface area (Å²) < 4.78 is 17.0. The maximum atomic E-state index is 11.9. The second-order valence-electron chi connectivity index (χ2n) is 4.95. The molecule has 0 aromatic carbocycles. The van der Waals surface area contributed by atoms with Crippen molar-refractivity contribution in [1.82, 2.24) is 5.32 Å². The van der Waals surface area contributed by atoms with E-state index in [4.69, 9.17) is 10.2 Å². The summed E-state index contributed by atoms with van der Waals surface area (Å²) in [4.78, 5) is 11.8. The van der Waals surface area contributed by atoms with Crippen LogP contribution in [-0.4, -0.2) is 26.7 Å². The second kappa shape index (κ2) is 6.15. The number of hydrogen-bond donors (Lipinski definition) is 2. The third kappa shape index (κ3) is 5.01. The minimum absolute atomic E-state index is 0.256. The van der Waals surface area contributed by atoms with Crippen molar-refractivity contribution in [2.24, 2.45) is 5.73 Å². The first-order chi connectivity index (χ1) is 8.29. The molecule has 102 valence electrons. The van der Waals surface area contributed by atoms with Crippen LogP contribution in [0.3, 0.4) is 0 Å². The molecule has 0 saturated heterocycles. The minimum atomic E-state index is -1.28. The number of carbonyl (C=O) groups excluding carboxylic acids is 1. The maximum absolute atomic E-state index is 11.9. The Kier molecular flexibility index (Phi) is 5.10. The van der Waals surface area contributed by atoms with Gasteiger partial charge in [-0.3, -0.25) is 9.00 Å². The lowest BCUT2D eigenvalue weighted by molar-refractivity contribution is -0.120. The van der Waals surface area contributed by atoms with Crippen molar-refractivity contribution in [2.75, 3.05) is 5.75 Å². The van der Waals surface area contributed by atoms with E-state index in [1.54, 1.807) is 39.2 Å². The largest absolute Gasteiger partial charge is 0.467 e. The Balaban J connectivity index is 2.43. The molecule has 1 heterocycles. The average molecular weight is 272 g/mol. The van der Waals surface area contributed by atoms with Gasteiger partial charge < -0.3 is 15.5 Å². The van der Waals surface area contributed by atoms with Crippen LogP contribution in [0.15, 0.2) is 22.8 Å². The molecule has 0 bridgehead atoms. The Hall–Kier alpha value is -1.14. The number of amides is 1. The Morgan fingerprint density at radius 3 is 2.78 bits per heavy atom. The molecule has 2 atom stereocenters. The minimum Gasteiger partial charge on any atom is -0.467 e. The van der Waals surface area contributed by atoms with E-state index in [1.807, 2.05) is 0 Å². The molecule has 0 fully saturated rings. The second-order valence-corrected chi connectivity index (χ2v) is 6.71. The summed E-state index contributed by atoms with van der Waals surface area (Å²) in [6.07, 6.45) is 1.54. The Bertz CT molecular complexity index is 409. The van der Waals surface area contributed by atoms with Crippen molar-refractivity contribution in [3.8, 4) is 0 Å². The van der Waals surface area contributed by atoms with Crippen molar-refractivity contribution in [3.63, 3.8) is 0 Å². The highest BCUT2D eigenvalue weighted by atomic mass is 32.2. The van der Waals surface area contributed by atoms with Crippen LogP contribution in [0.5, 0.6) is 0 Å². The van der Waals surface area contributed by atoms with Crippen LogP contribution in [0.2, 0.25) is 0 Å². The van der Waals surface area contributed by atoms with Crippen LogP contribution >= 0.6 is 0 Å². The molecule has 0 aliphatic carbocycles. The molecule has 3 N–H and O–H groups in total. The average Bonchev–Trinajstić information content (AvgIpc) is 2.75. The lowest BCUT2D eigenvalue weighted by Gasteiger charge is -2.20. The summed E-state index contributed by atoms with van der Waals surface area (Å²) in [5.74, 6) is 0.706. The predicted molar refractivity (Wildman–Crippen MR) is 71.3 cm³/mol. The summed E-state index contributed by atoms with van der Waals surface area (Å²) in [6, 6.07) is 3.52. The zero-order chi connectivity index (χ0) is 13.8. The van der Waals surface area contributed by atoms with Gasteiger partial charge in [0, 0.05) is 22.1 Å². The first-order valence-corrected chi connectivity index (χ1v) is 7.14. The maximum Gasteiger partial charge on any atom is 0.235 e. The molecule has 5 nitrogen and oxygen atoms in total. The third-order valence-electron chi connectivity index (χ3n) is 2.29. The molecule has 0 saturated carbocycles. The number of carbonyl (C=O) groups is 1. The molecule has 1 aromatic heterocycles. The van der Waals surface area contributed by atoms with Gasteiger partial charge in [-0.25, -0.2) is 0 Å². The number of furan rings is 1. The van der Waals surface area contributed by atoms with E-state index in [0.29, 0.717) is 18.1 Å². The van der Waals surface area contributed by atoms with E-state index in [2.05, 4.69) is 5.32 Å². The van der Waals surface area contributed by atoms with Gasteiger partial charge in [0.25, 0.3) is 0 Å². The Morgan fingerprint density at radius 2 is 2.28 bits per heavy atom. The number of nitrogens with two attached hydrogens (primary N) is 1. The first kappa shape index (κ1) is 14.9. The molecule has 1 aromatic rings. The van der Waals surface area contributed by atoms with E-state index in [9.17, 15) is 9.00 Å². The highest BCUT2D eigenvalue weighted by molar-refractivity contribution is 7.86. The van der Waals surface area contributed by atoms with Crippen LogP contribution < -0.4 is 11.1 Å². The number of rotatable bonds is 6. The van der Waals surface area contributed by atoms with Crippen molar-refractivity contribution in [2.45, 2.75) is 38.1 Å². The van der Waals surface area contributed by atoms with Gasteiger partial charge in [0.05, 0.1) is 12.8 Å². The predicted octanol–water partition coefficient (Wildman–Crippen LogP) is 0.770. The van der Waals surface area contributed by atoms with Crippen LogP contribution in [0.1, 0.15) is 26.5 Å². The lowest BCUT2D eigenvalue weighted by Crippen LogP contribution is -2.43. The molecule has 18 heavy (non-hydrogen) atoms. The topological polar surface area (TPSA) is 85.3 Å². The lowest BCUT2D eigenvalue weighted by atomic mass is 10.1. The van der Waals surface area contributed by atoms with Gasteiger partial charge in [0.1, 0.15) is 11.0 Å². The fourth-order valence-corrected chi connectivity index (χ4v) is 2.65. The van der Waals surface area contributed by atoms with Crippen LogP contribution in [-0.2, 0) is 22.1 Å². The van der Waals surface area contributed by atoms with E-state index in [-0.39, 0.29) is 5.91 Å². The quantitative estimate of drug-likeness (QED) is 0.801. The highest BCUT2D eigenvalue weighted by Crippen LogP contribution is 2.06. The van der Waals surface area contributed by atoms with Gasteiger partial charge in [0.2, 0.25) is 5.91 Å². The number of nitrogens with one attached hydrogen (secondary N) is 1. The molecular formula is C12H20N2O3S. The van der Waals surface area contributed by atoms with E-state index in [1.165, 1.54) is 0 Å². The Morgan fingerprint density at radius 1 is 1.61 bits per heavy atom. The van der Waals surface area contributed by atoms with E-state index in [0.717, 1.165) is 0 Å². The van der Waals surface area contributed by atoms with Crippen LogP contribution in [0.4, 0.5) is 0 Å². The smallest absolute Gasteiger partial charge is 0.235 e. The fourth-order valence-electron chi connectivity index (χ4n) is 1.34. The molecule has 2 unspecified atom stereocenters. The molecule has 0 spiro atoms. The van der Waals surface area contributed by atoms with Gasteiger partial charge in [-0.05, 0) is 32.9 Å². The molecule has 6 heteroatoms. The standard InChI is InChI=1S/C12H20N2O3S/c1-9(18(16)8-12(2,3)13)11(15)14-7-10-5-4-6-17-10/h4-6,9H,7-8,13H2,1-3H3,(H,14,15). The molecule has 0 radical (unpaired) electrons.